The summed E-state index contributed by atoms with van der Waals surface area (Å²) in [6.45, 7) is 0. The molecular weight excluding hydrogens is 2420 g/mol. The van der Waals surface area contributed by atoms with Gasteiger partial charge in [0.25, 0.3) is 0 Å². The third kappa shape index (κ3) is 31.4. The van der Waals surface area contributed by atoms with Crippen LogP contribution in [0.2, 0.25) is 0 Å². The molecule has 0 unspecified atom stereocenters. The molecule has 7 heterocycles. The molecule has 20 aromatic rings. The zero-order valence-corrected chi connectivity index (χ0v) is 89.7. The van der Waals surface area contributed by atoms with Crippen LogP contribution in [0.1, 0.15) is 0 Å². The molecule has 13 nitrogen and oxygen atoms in total. The molecule has 0 bridgehead atoms. The number of halogens is 6. The number of aromatic nitrogens is 7. The average molecular weight is 2480 g/mol. The van der Waals surface area contributed by atoms with Crippen LogP contribution in [-0.2, 0) is 51.7 Å². The number of thiazole rings is 7. The Morgan fingerprint density at radius 1 is 0.333 bits per heavy atom. The first kappa shape index (κ1) is 102. The topological polar surface area (TPSA) is 214 Å². The van der Waals surface area contributed by atoms with Gasteiger partial charge in [0.05, 0.1) is 72.7 Å². The van der Waals surface area contributed by atoms with Crippen molar-refractivity contribution in [3.63, 3.8) is 0 Å². The molecule has 0 saturated carbocycles. The molecule has 34 heteroatoms. The van der Waals surface area contributed by atoms with Crippen molar-refractivity contribution in [2.45, 2.75) is 0 Å². The Kier molecular flexibility index (Phi) is 45.2. The third-order valence-electron chi connectivity index (χ3n) is 15.9. The minimum atomic E-state index is -3.06. The average Bonchev–Trinajstić information content (AvgIpc) is 1.66. The molecule has 7 aromatic heterocycles. The van der Waals surface area contributed by atoms with E-state index in [1.165, 1.54) is 132 Å². The molecule has 0 aliphatic rings. The summed E-state index contributed by atoms with van der Waals surface area (Å²) >= 11 is 16.3. The number of hydrogen-bond donors (Lipinski definition) is 5. The van der Waals surface area contributed by atoms with Crippen LogP contribution in [-0.4, -0.2) is 137 Å². The number of benzene rings is 13. The van der Waals surface area contributed by atoms with E-state index in [9.17, 15) is 5.11 Å². The van der Waals surface area contributed by atoms with E-state index in [0.29, 0.717) is 5.75 Å². The van der Waals surface area contributed by atoms with Crippen molar-refractivity contribution >= 4 is 302 Å². The molecular formula is C86H60B2BrCl5K2N7NaO6Pt3S7-3. The first-order valence-electron chi connectivity index (χ1n) is 35.1. The van der Waals surface area contributed by atoms with E-state index in [1.54, 1.807) is 135 Å². The van der Waals surface area contributed by atoms with Gasteiger partial charge in [-0.05, 0) is 130 Å². The molecule has 0 spiro atoms. The van der Waals surface area contributed by atoms with Crippen molar-refractivity contribution in [1.29, 1.82) is 0 Å². The van der Waals surface area contributed by atoms with E-state index < -0.39 is 26.1 Å². The fraction of sp³-hybridized carbons (Fsp3) is 0. The van der Waals surface area contributed by atoms with Gasteiger partial charge in [-0.15, -0.1) is 88.3 Å². The van der Waals surface area contributed by atoms with Crippen molar-refractivity contribution in [3.8, 4) is 74.9 Å². The molecule has 601 valence electrons. The quantitative estimate of drug-likeness (QED) is 0.0708. The maximum atomic E-state index is 10.3. The Morgan fingerprint density at radius 2 is 0.567 bits per heavy atom. The van der Waals surface area contributed by atoms with Gasteiger partial charge in [-0.25, -0.2) is 15.0 Å². The first-order valence-corrected chi connectivity index (χ1v) is 71.6. The summed E-state index contributed by atoms with van der Waals surface area (Å²) in [5.74, 6) is 0.394. The van der Waals surface area contributed by atoms with Gasteiger partial charge < -0.3 is 37.7 Å². The predicted molar refractivity (Wildman–Crippen MR) is 503 cm³/mol. The van der Waals surface area contributed by atoms with Gasteiger partial charge in [0, 0.05) is 51.0 Å². The molecule has 0 aliphatic heterocycles. The van der Waals surface area contributed by atoms with Crippen LogP contribution in [0.15, 0.2) is 319 Å². The number of fused-ring (bicyclic) bond motifs is 7. The molecule has 0 amide bonds. The van der Waals surface area contributed by atoms with Gasteiger partial charge in [-0.3, -0.25) is 19.9 Å². The Morgan fingerprint density at radius 3 is 0.817 bits per heavy atom. The number of phenolic OH excluding ortho intramolecular Hbond substituents is 1. The fourth-order valence-corrected chi connectivity index (χ4v) is 17.8. The minimum absolute atomic E-state index is 0. The van der Waals surface area contributed by atoms with Crippen LogP contribution in [0.3, 0.4) is 0 Å². The molecule has 0 radical (unpaired) electrons. The van der Waals surface area contributed by atoms with Gasteiger partial charge in [0.1, 0.15) is 15.8 Å². The summed E-state index contributed by atoms with van der Waals surface area (Å²) < 4.78 is 9.43. The van der Waals surface area contributed by atoms with E-state index in [2.05, 4.69) is 170 Å². The number of para-hydroxylation sites is 9. The van der Waals surface area contributed by atoms with Crippen LogP contribution in [0.25, 0.3) is 135 Å². The van der Waals surface area contributed by atoms with Gasteiger partial charge >= 0.3 is 185 Å². The smallest absolute Gasteiger partial charge is 0.872 e. The molecule has 13 aromatic carbocycles. The Balaban J connectivity index is 0.000000178. The number of nitrogens with zero attached hydrogens (tertiary/aromatic N) is 7. The van der Waals surface area contributed by atoms with Gasteiger partial charge in [0.2, 0.25) is 0 Å². The number of aromatic hydroxyl groups is 1. The summed E-state index contributed by atoms with van der Waals surface area (Å²) in [6.07, 6.45) is 0. The van der Waals surface area contributed by atoms with Crippen LogP contribution in [0, 0.1) is 19.6 Å². The van der Waals surface area contributed by atoms with E-state index in [-0.39, 0.29) is 74.7 Å². The minimum Gasteiger partial charge on any atom is -0.872 e. The third-order valence-corrected chi connectivity index (χ3v) is 23.8. The molecule has 0 fully saturated rings. The van der Waals surface area contributed by atoms with Crippen molar-refractivity contribution in [2.24, 2.45) is 0 Å². The summed E-state index contributed by atoms with van der Waals surface area (Å²) in [5, 5.41) is 59.9. The molecule has 0 saturated heterocycles. The number of phenols is 1. The predicted octanol–water partition coefficient (Wildman–Crippen LogP) is 20.7. The molecule has 120 heavy (non-hydrogen) atoms. The van der Waals surface area contributed by atoms with Crippen LogP contribution >= 0.6 is 142 Å². The summed E-state index contributed by atoms with van der Waals surface area (Å²) in [7, 11) is 21.5. The second-order valence-electron chi connectivity index (χ2n) is 23.7. The maximum Gasteiger partial charge on any atom is 1.00 e. The molecule has 0 atom stereocenters. The molecule has 5 N–H and O–H groups in total. The summed E-state index contributed by atoms with van der Waals surface area (Å²) in [5.41, 5.74) is 14.2. The van der Waals surface area contributed by atoms with E-state index in [4.69, 9.17) is 92.8 Å². The summed E-state index contributed by atoms with van der Waals surface area (Å²) in [6, 6.07) is 108. The largest absolute Gasteiger partial charge is 1.00 e. The normalized spacial score (nSPS) is 10.4. The zero-order chi connectivity index (χ0) is 82.6. The van der Waals surface area contributed by atoms with Gasteiger partial charge in [-0.2, -0.15) is 45.3 Å². The second-order valence-corrected chi connectivity index (χ2v) is 51.9. The second kappa shape index (κ2) is 53.0. The van der Waals surface area contributed by atoms with Crippen LogP contribution < -0.4 is 45.6 Å². The Labute approximate surface area is 847 Å². The van der Waals surface area contributed by atoms with Crippen LogP contribution in [0.4, 0.5) is 0 Å². The van der Waals surface area contributed by atoms with Crippen molar-refractivity contribution in [3.05, 3.63) is 339 Å². The van der Waals surface area contributed by atoms with Gasteiger partial charge in [0.15, 0.2) is 3.92 Å². The zero-order valence-electron chi connectivity index (χ0n) is 63.5. The first-order chi connectivity index (χ1) is 56.9. The van der Waals surface area contributed by atoms with Gasteiger partial charge in [-0.1, -0.05) is 198 Å². The Bertz CT molecular complexity index is 5520. The van der Waals surface area contributed by atoms with Crippen molar-refractivity contribution in [2.75, 3.05) is 0 Å². The van der Waals surface area contributed by atoms with Crippen LogP contribution in [0.5, 0.6) is 11.5 Å². The maximum absolute atomic E-state index is 10.3. The van der Waals surface area contributed by atoms with E-state index >= 15 is 0 Å². The van der Waals surface area contributed by atoms with E-state index in [1.807, 2.05) is 115 Å². The number of rotatable bonds is 8. The Hall–Kier alpha value is -3.07. The van der Waals surface area contributed by atoms with E-state index in [0.717, 1.165) is 106 Å². The number of hydrogen-bond acceptors (Lipinski definition) is 20. The van der Waals surface area contributed by atoms with Crippen molar-refractivity contribution < 1.29 is 112 Å². The van der Waals surface area contributed by atoms with Crippen molar-refractivity contribution in [1.82, 2.24) is 34.9 Å². The molecule has 20 rings (SSSR count). The fourth-order valence-electron chi connectivity index (χ4n) is 10.7. The summed E-state index contributed by atoms with van der Waals surface area (Å²) in [4.78, 5) is 32.7. The monoisotopic (exact) mass is 2470 g/mol. The standard InChI is InChI=1S/C20H12N2S2.2C20H11N2S2.C7H4BrNS.C6H8B2O4.2C6H6O.CH3.5ClH.2K.Na.3Pt/c3*1-3-10-17-15(8-1)21-19(23-17)13-6-5-7-14(12-13)20-22-16-9-2-4-11-18(16)24-20;8-7-9-5-3-1-2-4-6(5)10-7;9-7(10)5-2-1-3-6(4-5)8(11)12;2*7-6-4-2-1-3-5-6;;;;;;;;;;;;/h1-12H;2*1-11H;1-4H;1-4,9-12H;2*1-5,7H;1H3;5*1H;;;;;;/q;2*-1;;;;;-1;;;;;;;;+1;;+1;+4/p-6. The SMILES string of the molecule is Brc1nc2ccccc2s1.OB(O)c1cccc(B(O)O)c1.Oc1ccccc1.[CH3-].[Cl][Pt].[Cl][Pt]([Cl])([Cl])[Cl].[K][K].[Na+].[O-]c1ccccc1.[Pt].[c-]1c(-c2nc3ccccc3s2)cccc1-c1nc2ccccc2s1.[c-]1c(-c2nc3ccccc3s2)cccc1-c1nc2ccccc2s1.c1cc(-c2nc3ccccc3s2)cc(-c2nc3ccccc3s2)c1. The molecule has 0 aliphatic carbocycles.